The van der Waals surface area contributed by atoms with Crippen LogP contribution in [-0.4, -0.2) is 58.2 Å². The number of hydrogen-bond donors (Lipinski definition) is 0. The summed E-state index contributed by atoms with van der Waals surface area (Å²) < 4.78 is 2.08. The van der Waals surface area contributed by atoms with Crippen molar-refractivity contribution in [3.63, 3.8) is 0 Å². The SMILES string of the molecule is Cc1cc(C)n(CCN2CCN(C(=O)C3(c4ccc(Cl)cc4)CCCC3)CC2)n1. The van der Waals surface area contributed by atoms with Gasteiger partial charge in [0.15, 0.2) is 0 Å². The normalized spacial score (nSPS) is 19.6. The molecule has 0 N–H and O–H groups in total. The number of nitrogens with zero attached hydrogens (tertiary/aromatic N) is 4. The molecular weight excluding hydrogens is 384 g/mol. The summed E-state index contributed by atoms with van der Waals surface area (Å²) in [6, 6.07) is 10.1. The lowest BCUT2D eigenvalue weighted by Gasteiger charge is -2.40. The molecule has 0 bridgehead atoms. The van der Waals surface area contributed by atoms with Crippen molar-refractivity contribution in [3.8, 4) is 0 Å². The molecule has 0 spiro atoms. The van der Waals surface area contributed by atoms with Gasteiger partial charge in [0.2, 0.25) is 5.91 Å². The lowest BCUT2D eigenvalue weighted by atomic mass is 9.77. The summed E-state index contributed by atoms with van der Waals surface area (Å²) in [6.07, 6.45) is 4.14. The van der Waals surface area contributed by atoms with Gasteiger partial charge in [-0.05, 0) is 50.5 Å². The van der Waals surface area contributed by atoms with Gasteiger partial charge < -0.3 is 4.90 Å². The Labute approximate surface area is 178 Å². The van der Waals surface area contributed by atoms with E-state index in [1.807, 2.05) is 19.1 Å². The second kappa shape index (κ2) is 8.49. The Morgan fingerprint density at radius 3 is 2.28 bits per heavy atom. The minimum atomic E-state index is -0.351. The Bertz CT molecular complexity index is 846. The predicted octanol–water partition coefficient (Wildman–Crippen LogP) is 3.81. The van der Waals surface area contributed by atoms with Gasteiger partial charge in [-0.1, -0.05) is 36.6 Å². The number of aromatic nitrogens is 2. The quantitative estimate of drug-likeness (QED) is 0.747. The smallest absolute Gasteiger partial charge is 0.233 e. The molecule has 2 heterocycles. The molecule has 1 aliphatic heterocycles. The molecule has 1 aromatic heterocycles. The van der Waals surface area contributed by atoms with Gasteiger partial charge in [-0.25, -0.2) is 0 Å². The average molecular weight is 415 g/mol. The number of aryl methyl sites for hydroxylation is 2. The third kappa shape index (κ3) is 4.22. The fraction of sp³-hybridized carbons (Fsp3) is 0.565. The summed E-state index contributed by atoms with van der Waals surface area (Å²) in [7, 11) is 0. The second-order valence-electron chi connectivity index (χ2n) is 8.58. The van der Waals surface area contributed by atoms with Gasteiger partial charge in [-0.3, -0.25) is 14.4 Å². The van der Waals surface area contributed by atoms with Crippen molar-refractivity contribution in [1.29, 1.82) is 0 Å². The van der Waals surface area contributed by atoms with Crippen molar-refractivity contribution in [1.82, 2.24) is 19.6 Å². The summed E-state index contributed by atoms with van der Waals surface area (Å²) in [5.41, 5.74) is 3.07. The molecule has 0 atom stereocenters. The second-order valence-corrected chi connectivity index (χ2v) is 9.02. The van der Waals surface area contributed by atoms with Gasteiger partial charge >= 0.3 is 0 Å². The molecular formula is C23H31ClN4O. The zero-order chi connectivity index (χ0) is 20.4. The van der Waals surface area contributed by atoms with Crippen molar-refractivity contribution in [2.24, 2.45) is 0 Å². The third-order valence-corrected chi connectivity index (χ3v) is 6.91. The number of benzene rings is 1. The first-order chi connectivity index (χ1) is 14.0. The molecule has 1 aromatic carbocycles. The fourth-order valence-electron chi connectivity index (χ4n) is 4.99. The van der Waals surface area contributed by atoms with Crippen LogP contribution in [-0.2, 0) is 16.8 Å². The van der Waals surface area contributed by atoms with Crippen LogP contribution in [0.1, 0.15) is 42.6 Å². The van der Waals surface area contributed by atoms with E-state index in [4.69, 9.17) is 11.6 Å². The van der Waals surface area contributed by atoms with Crippen LogP contribution in [0.5, 0.6) is 0 Å². The molecule has 1 saturated carbocycles. The molecule has 0 unspecified atom stereocenters. The third-order valence-electron chi connectivity index (χ3n) is 6.65. The van der Waals surface area contributed by atoms with Crippen LogP contribution in [0.15, 0.2) is 30.3 Å². The molecule has 1 amide bonds. The Morgan fingerprint density at radius 1 is 1.03 bits per heavy atom. The van der Waals surface area contributed by atoms with E-state index < -0.39 is 0 Å². The Kier molecular flexibility index (Phi) is 5.98. The molecule has 1 aliphatic carbocycles. The highest BCUT2D eigenvalue weighted by molar-refractivity contribution is 6.30. The number of hydrogen-bond acceptors (Lipinski definition) is 3. The van der Waals surface area contributed by atoms with Crippen molar-refractivity contribution in [2.75, 3.05) is 32.7 Å². The summed E-state index contributed by atoms with van der Waals surface area (Å²) in [5, 5.41) is 5.28. The van der Waals surface area contributed by atoms with Crippen LogP contribution >= 0.6 is 11.6 Å². The number of carbonyl (C=O) groups excluding carboxylic acids is 1. The van der Waals surface area contributed by atoms with Crippen molar-refractivity contribution in [3.05, 3.63) is 52.3 Å². The van der Waals surface area contributed by atoms with E-state index >= 15 is 0 Å². The van der Waals surface area contributed by atoms with Crippen LogP contribution in [0.4, 0.5) is 0 Å². The van der Waals surface area contributed by atoms with E-state index in [9.17, 15) is 4.79 Å². The first kappa shape index (κ1) is 20.4. The maximum atomic E-state index is 13.6. The molecule has 0 radical (unpaired) electrons. The zero-order valence-electron chi connectivity index (χ0n) is 17.5. The van der Waals surface area contributed by atoms with Gasteiger partial charge in [0.05, 0.1) is 17.7 Å². The molecule has 6 heteroatoms. The molecule has 2 aliphatic rings. The molecule has 5 nitrogen and oxygen atoms in total. The largest absolute Gasteiger partial charge is 0.339 e. The Hall–Kier alpha value is -1.85. The highest BCUT2D eigenvalue weighted by Crippen LogP contribution is 2.43. The van der Waals surface area contributed by atoms with Gasteiger partial charge in [0, 0.05) is 43.4 Å². The first-order valence-electron chi connectivity index (χ1n) is 10.8. The summed E-state index contributed by atoms with van der Waals surface area (Å²) >= 11 is 6.09. The van der Waals surface area contributed by atoms with E-state index in [-0.39, 0.29) is 5.41 Å². The van der Waals surface area contributed by atoms with E-state index in [2.05, 4.69) is 44.7 Å². The molecule has 1 saturated heterocycles. The van der Waals surface area contributed by atoms with E-state index in [1.54, 1.807) is 0 Å². The first-order valence-corrected chi connectivity index (χ1v) is 11.1. The fourth-order valence-corrected chi connectivity index (χ4v) is 5.11. The molecule has 156 valence electrons. The standard InChI is InChI=1S/C23H31ClN4O/c1-18-17-19(2)28(25-18)16-13-26-11-14-27(15-12-26)22(29)23(9-3-4-10-23)20-5-7-21(24)8-6-20/h5-8,17H,3-4,9-16H2,1-2H3. The van der Waals surface area contributed by atoms with Crippen LogP contribution in [0.2, 0.25) is 5.02 Å². The zero-order valence-corrected chi connectivity index (χ0v) is 18.3. The molecule has 4 rings (SSSR count). The predicted molar refractivity (Wildman–Crippen MR) is 116 cm³/mol. The monoisotopic (exact) mass is 414 g/mol. The lowest BCUT2D eigenvalue weighted by molar-refractivity contribution is -0.139. The lowest BCUT2D eigenvalue weighted by Crippen LogP contribution is -2.54. The molecule has 2 aromatic rings. The molecule has 2 fully saturated rings. The van der Waals surface area contributed by atoms with Crippen LogP contribution in [0, 0.1) is 13.8 Å². The van der Waals surface area contributed by atoms with Crippen molar-refractivity contribution < 1.29 is 4.79 Å². The number of piperazine rings is 1. The topological polar surface area (TPSA) is 41.4 Å². The van der Waals surface area contributed by atoms with Crippen molar-refractivity contribution in [2.45, 2.75) is 51.5 Å². The Morgan fingerprint density at radius 2 is 1.69 bits per heavy atom. The maximum Gasteiger partial charge on any atom is 0.233 e. The van der Waals surface area contributed by atoms with E-state index in [0.29, 0.717) is 5.91 Å². The highest BCUT2D eigenvalue weighted by atomic mass is 35.5. The number of carbonyl (C=O) groups is 1. The maximum absolute atomic E-state index is 13.6. The summed E-state index contributed by atoms with van der Waals surface area (Å²) in [6.45, 7) is 9.51. The van der Waals surface area contributed by atoms with E-state index in [0.717, 1.165) is 81.2 Å². The van der Waals surface area contributed by atoms with Crippen LogP contribution < -0.4 is 0 Å². The van der Waals surface area contributed by atoms with Gasteiger partial charge in [0.25, 0.3) is 0 Å². The Balaban J connectivity index is 1.37. The van der Waals surface area contributed by atoms with Gasteiger partial charge in [0.1, 0.15) is 0 Å². The van der Waals surface area contributed by atoms with Gasteiger partial charge in [-0.2, -0.15) is 5.10 Å². The number of halogens is 1. The minimum Gasteiger partial charge on any atom is -0.339 e. The minimum absolute atomic E-state index is 0.315. The van der Waals surface area contributed by atoms with Crippen LogP contribution in [0.3, 0.4) is 0 Å². The van der Waals surface area contributed by atoms with Gasteiger partial charge in [-0.15, -0.1) is 0 Å². The molecule has 29 heavy (non-hydrogen) atoms. The average Bonchev–Trinajstić information content (AvgIpc) is 3.34. The van der Waals surface area contributed by atoms with E-state index in [1.165, 1.54) is 5.69 Å². The van der Waals surface area contributed by atoms with Crippen molar-refractivity contribution >= 4 is 17.5 Å². The highest BCUT2D eigenvalue weighted by Gasteiger charge is 2.45. The van der Waals surface area contributed by atoms with Crippen LogP contribution in [0.25, 0.3) is 0 Å². The number of amides is 1. The summed E-state index contributed by atoms with van der Waals surface area (Å²) in [4.78, 5) is 18.1. The number of rotatable bonds is 5. The summed E-state index contributed by atoms with van der Waals surface area (Å²) in [5.74, 6) is 0.315.